The molecule has 0 saturated heterocycles. The number of amides is 1. The van der Waals surface area contributed by atoms with Crippen LogP contribution in [0.5, 0.6) is 0 Å². The van der Waals surface area contributed by atoms with E-state index in [1.165, 1.54) is 12.1 Å². The highest BCUT2D eigenvalue weighted by Gasteiger charge is 2.10. The van der Waals surface area contributed by atoms with Crippen molar-refractivity contribution < 1.29 is 14.7 Å². The van der Waals surface area contributed by atoms with Crippen molar-refractivity contribution in [1.82, 2.24) is 0 Å². The minimum Gasteiger partial charge on any atom is -0.478 e. The number of nitrogens with one attached hydrogen (secondary N) is 1. The van der Waals surface area contributed by atoms with E-state index in [1.807, 2.05) is 6.26 Å². The maximum atomic E-state index is 11.6. The highest BCUT2D eigenvalue weighted by Crippen LogP contribution is 2.20. The van der Waals surface area contributed by atoms with Crippen LogP contribution < -0.4 is 5.32 Å². The second-order valence-electron chi connectivity index (χ2n) is 3.64. The van der Waals surface area contributed by atoms with Crippen LogP contribution in [0.1, 0.15) is 23.2 Å². The molecule has 0 atom stereocenters. The largest absolute Gasteiger partial charge is 0.478 e. The van der Waals surface area contributed by atoms with Crippen LogP contribution in [-0.2, 0) is 4.79 Å². The molecule has 0 aliphatic heterocycles. The Morgan fingerprint density at radius 1 is 1.44 bits per heavy atom. The van der Waals surface area contributed by atoms with E-state index in [1.54, 1.807) is 17.8 Å². The van der Waals surface area contributed by atoms with Gasteiger partial charge in [0.2, 0.25) is 5.91 Å². The third kappa shape index (κ3) is 4.58. The molecule has 0 radical (unpaired) electrons. The van der Waals surface area contributed by atoms with Gasteiger partial charge in [-0.1, -0.05) is 11.6 Å². The fourth-order valence-electron chi connectivity index (χ4n) is 1.37. The molecule has 1 amide bonds. The molecule has 0 fully saturated rings. The summed E-state index contributed by atoms with van der Waals surface area (Å²) >= 11 is 7.42. The predicted molar refractivity (Wildman–Crippen MR) is 74.7 cm³/mol. The Labute approximate surface area is 115 Å². The lowest BCUT2D eigenvalue weighted by Gasteiger charge is -2.06. The van der Waals surface area contributed by atoms with E-state index in [0.717, 1.165) is 12.2 Å². The van der Waals surface area contributed by atoms with Gasteiger partial charge in [-0.2, -0.15) is 11.8 Å². The number of carboxylic acid groups (broad SMARTS) is 1. The Kier molecular flexibility index (Phi) is 6.01. The molecule has 0 unspecified atom stereocenters. The lowest BCUT2D eigenvalue weighted by Crippen LogP contribution is -2.12. The van der Waals surface area contributed by atoms with Crippen LogP contribution in [0.15, 0.2) is 18.2 Å². The molecule has 18 heavy (non-hydrogen) atoms. The maximum Gasteiger partial charge on any atom is 0.337 e. The Morgan fingerprint density at radius 2 is 2.17 bits per heavy atom. The van der Waals surface area contributed by atoms with E-state index in [4.69, 9.17) is 16.7 Å². The summed E-state index contributed by atoms with van der Waals surface area (Å²) in [5, 5.41) is 11.7. The van der Waals surface area contributed by atoms with Crippen LogP contribution >= 0.6 is 23.4 Å². The molecule has 0 aliphatic carbocycles. The van der Waals surface area contributed by atoms with Gasteiger partial charge in [0.25, 0.3) is 0 Å². The highest BCUT2D eigenvalue weighted by atomic mass is 35.5. The third-order valence-electron chi connectivity index (χ3n) is 2.23. The molecule has 0 aromatic heterocycles. The smallest absolute Gasteiger partial charge is 0.337 e. The minimum absolute atomic E-state index is 0.0152. The number of hydrogen-bond acceptors (Lipinski definition) is 3. The van der Waals surface area contributed by atoms with Gasteiger partial charge in [-0.3, -0.25) is 4.79 Å². The average Bonchev–Trinajstić information content (AvgIpc) is 2.31. The van der Waals surface area contributed by atoms with E-state index in [2.05, 4.69) is 5.32 Å². The van der Waals surface area contributed by atoms with Gasteiger partial charge in [0.05, 0.1) is 10.6 Å². The summed E-state index contributed by atoms with van der Waals surface area (Å²) in [7, 11) is 0. The topological polar surface area (TPSA) is 66.4 Å². The van der Waals surface area contributed by atoms with Crippen LogP contribution in [0.2, 0.25) is 5.02 Å². The van der Waals surface area contributed by atoms with Crippen molar-refractivity contribution in [2.45, 2.75) is 12.8 Å². The standard InChI is InChI=1S/C12H14ClNO3S/c1-18-6-2-3-11(15)14-8-4-5-10(13)9(7-8)12(16)17/h4-5,7H,2-3,6H2,1H3,(H,14,15)(H,16,17). The SMILES string of the molecule is CSCCCC(=O)Nc1ccc(Cl)c(C(=O)O)c1. The summed E-state index contributed by atoms with van der Waals surface area (Å²) in [5.41, 5.74) is 0.435. The lowest BCUT2D eigenvalue weighted by atomic mass is 10.2. The zero-order valence-electron chi connectivity index (χ0n) is 9.90. The van der Waals surface area contributed by atoms with Crippen molar-refractivity contribution in [3.05, 3.63) is 28.8 Å². The Morgan fingerprint density at radius 3 is 2.78 bits per heavy atom. The summed E-state index contributed by atoms with van der Waals surface area (Å²) in [6.45, 7) is 0. The molecule has 0 aliphatic rings. The van der Waals surface area contributed by atoms with E-state index < -0.39 is 5.97 Å². The van der Waals surface area contributed by atoms with Crippen molar-refractivity contribution in [1.29, 1.82) is 0 Å². The summed E-state index contributed by atoms with van der Waals surface area (Å²) in [5.74, 6) is -0.310. The normalized spacial score (nSPS) is 10.1. The van der Waals surface area contributed by atoms with E-state index in [0.29, 0.717) is 12.1 Å². The van der Waals surface area contributed by atoms with Gasteiger partial charge in [-0.15, -0.1) is 0 Å². The molecule has 6 heteroatoms. The summed E-state index contributed by atoms with van der Waals surface area (Å²) in [6.07, 6.45) is 3.20. The molecule has 1 aromatic carbocycles. The first kappa shape index (κ1) is 14.9. The molecule has 1 rings (SSSR count). The van der Waals surface area contributed by atoms with Crippen LogP contribution in [0.4, 0.5) is 5.69 Å². The number of benzene rings is 1. The number of aromatic carboxylic acids is 1. The van der Waals surface area contributed by atoms with Gasteiger partial charge in [0.1, 0.15) is 0 Å². The first-order valence-corrected chi connectivity index (χ1v) is 7.13. The first-order valence-electron chi connectivity index (χ1n) is 5.36. The van der Waals surface area contributed by atoms with Crippen molar-refractivity contribution in [3.63, 3.8) is 0 Å². The van der Waals surface area contributed by atoms with Gasteiger partial charge < -0.3 is 10.4 Å². The molecule has 0 saturated carbocycles. The fourth-order valence-corrected chi connectivity index (χ4v) is 2.00. The Hall–Kier alpha value is -1.20. The van der Waals surface area contributed by atoms with E-state index >= 15 is 0 Å². The van der Waals surface area contributed by atoms with Crippen LogP contribution in [0, 0.1) is 0 Å². The van der Waals surface area contributed by atoms with Crippen molar-refractivity contribution in [2.75, 3.05) is 17.3 Å². The second-order valence-corrected chi connectivity index (χ2v) is 5.04. The molecule has 0 heterocycles. The zero-order chi connectivity index (χ0) is 13.5. The fraction of sp³-hybridized carbons (Fsp3) is 0.333. The summed E-state index contributed by atoms with van der Waals surface area (Å²) in [4.78, 5) is 22.4. The van der Waals surface area contributed by atoms with Gasteiger partial charge in [0, 0.05) is 12.1 Å². The van der Waals surface area contributed by atoms with Gasteiger partial charge >= 0.3 is 5.97 Å². The summed E-state index contributed by atoms with van der Waals surface area (Å²) in [6, 6.07) is 4.40. The number of carbonyl (C=O) groups excluding carboxylic acids is 1. The molecular weight excluding hydrogens is 274 g/mol. The van der Waals surface area contributed by atoms with Crippen LogP contribution in [0.25, 0.3) is 0 Å². The van der Waals surface area contributed by atoms with Gasteiger partial charge in [-0.25, -0.2) is 4.79 Å². The molecule has 4 nitrogen and oxygen atoms in total. The van der Waals surface area contributed by atoms with Crippen molar-refractivity contribution in [2.24, 2.45) is 0 Å². The number of anilines is 1. The maximum absolute atomic E-state index is 11.6. The molecular formula is C12H14ClNO3S. The first-order chi connectivity index (χ1) is 8.54. The van der Waals surface area contributed by atoms with Crippen molar-refractivity contribution >= 4 is 40.9 Å². The molecule has 0 spiro atoms. The van der Waals surface area contributed by atoms with E-state index in [-0.39, 0.29) is 16.5 Å². The number of thioether (sulfide) groups is 1. The number of hydrogen-bond donors (Lipinski definition) is 2. The quantitative estimate of drug-likeness (QED) is 0.789. The average molecular weight is 288 g/mol. The van der Waals surface area contributed by atoms with Crippen LogP contribution in [-0.4, -0.2) is 29.0 Å². The van der Waals surface area contributed by atoms with Gasteiger partial charge in [-0.05, 0) is 36.6 Å². The predicted octanol–water partition coefficient (Wildman–Crippen LogP) is 3.12. The van der Waals surface area contributed by atoms with Crippen LogP contribution in [0.3, 0.4) is 0 Å². The van der Waals surface area contributed by atoms with Gasteiger partial charge in [0.15, 0.2) is 0 Å². The number of carbonyl (C=O) groups is 2. The monoisotopic (exact) mass is 287 g/mol. The molecule has 0 bridgehead atoms. The van der Waals surface area contributed by atoms with Crippen molar-refractivity contribution in [3.8, 4) is 0 Å². The molecule has 2 N–H and O–H groups in total. The minimum atomic E-state index is -1.11. The number of carboxylic acids is 1. The molecule has 1 aromatic rings. The highest BCUT2D eigenvalue weighted by molar-refractivity contribution is 7.98. The molecule has 98 valence electrons. The lowest BCUT2D eigenvalue weighted by molar-refractivity contribution is -0.116. The zero-order valence-corrected chi connectivity index (χ0v) is 11.5. The Balaban J connectivity index is 2.65. The summed E-state index contributed by atoms with van der Waals surface area (Å²) < 4.78 is 0. The number of rotatable bonds is 6. The number of halogens is 1. The van der Waals surface area contributed by atoms with E-state index in [9.17, 15) is 9.59 Å². The second kappa shape index (κ2) is 7.28. The third-order valence-corrected chi connectivity index (χ3v) is 3.26. The Bertz CT molecular complexity index is 451.